The van der Waals surface area contributed by atoms with Gasteiger partial charge in [0, 0.05) is 23.0 Å². The Balaban J connectivity index is 1.55. The molecule has 0 amide bonds. The van der Waals surface area contributed by atoms with Crippen LogP contribution in [0.3, 0.4) is 0 Å². The second-order valence-corrected chi connectivity index (χ2v) is 8.30. The van der Waals surface area contributed by atoms with Crippen LogP contribution in [-0.2, 0) is 23.8 Å². The number of carbonyl (C=O) groups excluding carboxylic acids is 2. The fourth-order valence-corrected chi connectivity index (χ4v) is 4.82. The first-order chi connectivity index (χ1) is 14.2. The van der Waals surface area contributed by atoms with Crippen LogP contribution in [0.25, 0.3) is 0 Å². The van der Waals surface area contributed by atoms with Crippen LogP contribution in [-0.4, -0.2) is 82.2 Å². The van der Waals surface area contributed by atoms with E-state index in [4.69, 9.17) is 14.2 Å². The van der Waals surface area contributed by atoms with Crippen LogP contribution < -0.4 is 0 Å². The van der Waals surface area contributed by atoms with E-state index in [-0.39, 0.29) is 18.3 Å². The lowest BCUT2D eigenvalue weighted by Crippen LogP contribution is -2.59. The average Bonchev–Trinajstić information content (AvgIpc) is 3.14. The van der Waals surface area contributed by atoms with Crippen LogP contribution >= 0.6 is 0 Å². The number of hydrogen-bond donors (Lipinski definition) is 4. The summed E-state index contributed by atoms with van der Waals surface area (Å²) in [4.78, 5) is 24.8. The van der Waals surface area contributed by atoms with E-state index in [1.807, 2.05) is 6.92 Å². The molecule has 0 radical (unpaired) electrons. The Kier molecular flexibility index (Phi) is 5.69. The van der Waals surface area contributed by atoms with Crippen LogP contribution in [0, 0.1) is 11.8 Å². The number of aliphatic hydroxyl groups is 4. The molecule has 30 heavy (non-hydrogen) atoms. The highest BCUT2D eigenvalue weighted by atomic mass is 16.7. The SMILES string of the molecule is C=C1C(=O)O[C@@H]2[C@H]3C(CO[C@H]4O[C@@H](CO)[C@H](O)[C@@H](O)[C@@H]4O)=CC(=O)C3=C(C)CC[C@@H]12. The molecular weight excluding hydrogens is 396 g/mol. The Morgan fingerprint density at radius 1 is 1.20 bits per heavy atom. The van der Waals surface area contributed by atoms with Gasteiger partial charge in [-0.3, -0.25) is 4.79 Å². The lowest BCUT2D eigenvalue weighted by atomic mass is 9.83. The molecule has 4 N–H and O–H groups in total. The van der Waals surface area contributed by atoms with Gasteiger partial charge < -0.3 is 34.6 Å². The highest BCUT2D eigenvalue weighted by Crippen LogP contribution is 2.47. The van der Waals surface area contributed by atoms with Crippen LogP contribution in [0.1, 0.15) is 19.8 Å². The first-order valence-corrected chi connectivity index (χ1v) is 10.0. The van der Waals surface area contributed by atoms with Crippen molar-refractivity contribution in [1.29, 1.82) is 0 Å². The molecule has 8 atom stereocenters. The van der Waals surface area contributed by atoms with Crippen LogP contribution in [0.15, 0.2) is 34.9 Å². The quantitative estimate of drug-likeness (QED) is 0.336. The third kappa shape index (κ3) is 3.35. The van der Waals surface area contributed by atoms with Gasteiger partial charge in [-0.2, -0.15) is 0 Å². The molecule has 9 heteroatoms. The van der Waals surface area contributed by atoms with Gasteiger partial charge >= 0.3 is 5.97 Å². The van der Waals surface area contributed by atoms with Gasteiger partial charge in [0.1, 0.15) is 30.5 Å². The van der Waals surface area contributed by atoms with Gasteiger partial charge in [-0.05, 0) is 31.4 Å². The van der Waals surface area contributed by atoms with E-state index in [1.54, 1.807) is 0 Å². The molecular formula is C21H26O9. The van der Waals surface area contributed by atoms with E-state index in [2.05, 4.69) is 6.58 Å². The number of hydrogen-bond acceptors (Lipinski definition) is 9. The highest BCUT2D eigenvalue weighted by molar-refractivity contribution is 6.09. The summed E-state index contributed by atoms with van der Waals surface area (Å²) in [5.74, 6) is -1.30. The summed E-state index contributed by atoms with van der Waals surface area (Å²) in [5.41, 5.74) is 2.51. The van der Waals surface area contributed by atoms with Gasteiger partial charge in [-0.25, -0.2) is 4.79 Å². The maximum atomic E-state index is 12.7. The molecule has 0 aromatic rings. The number of aliphatic hydroxyl groups excluding tert-OH is 4. The lowest BCUT2D eigenvalue weighted by molar-refractivity contribution is -0.299. The Labute approximate surface area is 173 Å². The van der Waals surface area contributed by atoms with Crippen LogP contribution in [0.2, 0.25) is 0 Å². The molecule has 4 aliphatic rings. The minimum atomic E-state index is -1.56. The summed E-state index contributed by atoms with van der Waals surface area (Å²) < 4.78 is 16.6. The van der Waals surface area contributed by atoms with E-state index >= 15 is 0 Å². The first kappa shape index (κ1) is 21.4. The molecule has 164 valence electrons. The van der Waals surface area contributed by atoms with Gasteiger partial charge in [0.05, 0.1) is 13.2 Å². The molecule has 2 aliphatic carbocycles. The summed E-state index contributed by atoms with van der Waals surface area (Å²) in [6.45, 7) is 5.05. The van der Waals surface area contributed by atoms with Crippen molar-refractivity contribution in [2.75, 3.05) is 13.2 Å². The predicted molar refractivity (Wildman–Crippen MR) is 101 cm³/mol. The molecule has 4 rings (SSSR count). The molecule has 2 fully saturated rings. The number of fused-ring (bicyclic) bond motifs is 3. The first-order valence-electron chi connectivity index (χ1n) is 10.0. The number of carbonyl (C=O) groups is 2. The summed E-state index contributed by atoms with van der Waals surface area (Å²) in [6.07, 6.45) is -4.76. The molecule has 2 saturated heterocycles. The van der Waals surface area contributed by atoms with E-state index in [1.165, 1.54) is 6.08 Å². The zero-order valence-corrected chi connectivity index (χ0v) is 16.6. The third-order valence-corrected chi connectivity index (χ3v) is 6.52. The van der Waals surface area contributed by atoms with Gasteiger partial charge in [0.15, 0.2) is 12.1 Å². The van der Waals surface area contributed by atoms with E-state index in [0.717, 1.165) is 5.57 Å². The Hall–Kier alpha value is -1.88. The summed E-state index contributed by atoms with van der Waals surface area (Å²) in [6, 6.07) is 0. The van der Waals surface area contributed by atoms with Crippen molar-refractivity contribution in [3.63, 3.8) is 0 Å². The van der Waals surface area contributed by atoms with Crippen molar-refractivity contribution in [1.82, 2.24) is 0 Å². The molecule has 0 unspecified atom stereocenters. The van der Waals surface area contributed by atoms with E-state index in [9.17, 15) is 30.0 Å². The largest absolute Gasteiger partial charge is 0.457 e. The third-order valence-electron chi connectivity index (χ3n) is 6.52. The number of ketones is 1. The van der Waals surface area contributed by atoms with E-state index < -0.39 is 55.3 Å². The zero-order valence-electron chi connectivity index (χ0n) is 16.6. The highest BCUT2D eigenvalue weighted by Gasteiger charge is 2.51. The smallest absolute Gasteiger partial charge is 0.334 e. The minimum absolute atomic E-state index is 0.122. The second-order valence-electron chi connectivity index (χ2n) is 8.30. The summed E-state index contributed by atoms with van der Waals surface area (Å²) in [5, 5.41) is 39.3. The van der Waals surface area contributed by atoms with Gasteiger partial charge in [0.25, 0.3) is 0 Å². The lowest BCUT2D eigenvalue weighted by Gasteiger charge is -2.39. The molecule has 2 aliphatic heterocycles. The van der Waals surface area contributed by atoms with Gasteiger partial charge in [-0.15, -0.1) is 0 Å². The normalized spacial score (nSPS) is 41.4. The number of allylic oxidation sites excluding steroid dienone is 2. The molecule has 0 bridgehead atoms. The van der Waals surface area contributed by atoms with Crippen molar-refractivity contribution in [2.45, 2.75) is 56.6 Å². The monoisotopic (exact) mass is 422 g/mol. The predicted octanol–water partition coefficient (Wildman–Crippen LogP) is -0.864. The maximum Gasteiger partial charge on any atom is 0.334 e. The fraction of sp³-hybridized carbons (Fsp3) is 0.619. The molecule has 2 heterocycles. The Morgan fingerprint density at radius 2 is 1.93 bits per heavy atom. The van der Waals surface area contributed by atoms with Crippen molar-refractivity contribution >= 4 is 11.8 Å². The van der Waals surface area contributed by atoms with Crippen LogP contribution in [0.4, 0.5) is 0 Å². The number of esters is 1. The Bertz CT molecular complexity index is 826. The van der Waals surface area contributed by atoms with Crippen molar-refractivity contribution in [3.05, 3.63) is 34.9 Å². The summed E-state index contributed by atoms with van der Waals surface area (Å²) in [7, 11) is 0. The standard InChI is InChI=1S/C21H26O9/c1-8-3-4-11-9(2)20(27)30-19(11)15-10(5-12(23)14(8)15)7-28-21-18(26)17(25)16(24)13(6-22)29-21/h5,11,13,15-19,21-22,24-26H,2-4,6-7H2,1H3/t11-,13-,15-,16-,17+,18-,19-,21-/m0/s1. The minimum Gasteiger partial charge on any atom is -0.457 e. The number of ether oxygens (including phenoxy) is 3. The zero-order chi connectivity index (χ0) is 21.7. The molecule has 0 aromatic carbocycles. The maximum absolute atomic E-state index is 12.7. The van der Waals surface area contributed by atoms with Gasteiger partial charge in [-0.1, -0.05) is 12.2 Å². The van der Waals surface area contributed by atoms with Crippen molar-refractivity contribution < 1.29 is 44.2 Å². The average molecular weight is 422 g/mol. The van der Waals surface area contributed by atoms with E-state index in [0.29, 0.717) is 29.6 Å². The topological polar surface area (TPSA) is 143 Å². The van der Waals surface area contributed by atoms with Crippen LogP contribution in [0.5, 0.6) is 0 Å². The molecule has 0 saturated carbocycles. The molecule has 0 spiro atoms. The fourth-order valence-electron chi connectivity index (χ4n) is 4.82. The Morgan fingerprint density at radius 3 is 2.63 bits per heavy atom. The molecule has 0 aromatic heterocycles. The van der Waals surface area contributed by atoms with Gasteiger partial charge in [0.2, 0.25) is 0 Å². The number of rotatable bonds is 4. The second kappa shape index (κ2) is 7.99. The van der Waals surface area contributed by atoms with Crippen molar-refractivity contribution in [2.24, 2.45) is 11.8 Å². The summed E-state index contributed by atoms with van der Waals surface area (Å²) >= 11 is 0. The molecule has 9 nitrogen and oxygen atoms in total. The van der Waals surface area contributed by atoms with Crippen molar-refractivity contribution in [3.8, 4) is 0 Å².